The molecule has 33 heavy (non-hydrogen) atoms. The standard InChI is InChI=1S/C25H20Br2ClN3O2/c1-15(2)24-30-22-9-6-18(26)12-20(22)25(32)31(24)29-13-17-5-10-23(21(27)11-17)33-14-16-3-7-19(28)8-4-16/h3-13,15H,14H2,1-2H3. The highest BCUT2D eigenvalue weighted by Crippen LogP contribution is 2.27. The summed E-state index contributed by atoms with van der Waals surface area (Å²) in [5.74, 6) is 1.34. The Hall–Kier alpha value is -2.48. The molecule has 0 N–H and O–H groups in total. The second-order valence-electron chi connectivity index (χ2n) is 7.75. The van der Waals surface area contributed by atoms with Crippen LogP contribution >= 0.6 is 43.5 Å². The average Bonchev–Trinajstić information content (AvgIpc) is 2.79. The van der Waals surface area contributed by atoms with Gasteiger partial charge in [-0.2, -0.15) is 9.78 Å². The Bertz CT molecular complexity index is 1400. The molecule has 1 aromatic heterocycles. The summed E-state index contributed by atoms with van der Waals surface area (Å²) in [6, 6.07) is 18.6. The van der Waals surface area contributed by atoms with Gasteiger partial charge in [-0.15, -0.1) is 0 Å². The molecule has 0 amide bonds. The first-order valence-electron chi connectivity index (χ1n) is 10.2. The smallest absolute Gasteiger partial charge is 0.282 e. The summed E-state index contributed by atoms with van der Waals surface area (Å²) in [5, 5.41) is 5.68. The number of hydrogen-bond donors (Lipinski definition) is 0. The van der Waals surface area contributed by atoms with Crippen LogP contribution in [0.4, 0.5) is 0 Å². The van der Waals surface area contributed by atoms with Gasteiger partial charge in [0, 0.05) is 15.4 Å². The molecule has 8 heteroatoms. The number of halogens is 3. The van der Waals surface area contributed by atoms with Crippen molar-refractivity contribution >= 4 is 60.6 Å². The first kappa shape index (κ1) is 23.7. The van der Waals surface area contributed by atoms with Crippen molar-refractivity contribution in [3.8, 4) is 5.75 Å². The van der Waals surface area contributed by atoms with E-state index in [-0.39, 0.29) is 11.5 Å². The Labute approximate surface area is 213 Å². The molecular formula is C25H20Br2ClN3O2. The lowest BCUT2D eigenvalue weighted by Crippen LogP contribution is -2.23. The molecule has 0 saturated carbocycles. The number of hydrogen-bond acceptors (Lipinski definition) is 4. The van der Waals surface area contributed by atoms with Crippen molar-refractivity contribution < 1.29 is 4.74 Å². The quantitative estimate of drug-likeness (QED) is 0.224. The molecule has 0 unspecified atom stereocenters. The minimum Gasteiger partial charge on any atom is -0.488 e. The topological polar surface area (TPSA) is 56.5 Å². The number of rotatable bonds is 6. The van der Waals surface area contributed by atoms with E-state index in [1.54, 1.807) is 12.3 Å². The fraction of sp³-hybridized carbons (Fsp3) is 0.160. The van der Waals surface area contributed by atoms with E-state index in [2.05, 4.69) is 41.9 Å². The van der Waals surface area contributed by atoms with Crippen LogP contribution in [0, 0.1) is 0 Å². The predicted molar refractivity (Wildman–Crippen MR) is 141 cm³/mol. The van der Waals surface area contributed by atoms with E-state index < -0.39 is 0 Å². The van der Waals surface area contributed by atoms with Gasteiger partial charge in [0.25, 0.3) is 5.56 Å². The summed E-state index contributed by atoms with van der Waals surface area (Å²) in [6.07, 6.45) is 1.65. The maximum atomic E-state index is 13.1. The van der Waals surface area contributed by atoms with Crippen molar-refractivity contribution in [3.05, 3.63) is 102 Å². The van der Waals surface area contributed by atoms with Gasteiger partial charge in [-0.3, -0.25) is 4.79 Å². The molecule has 5 nitrogen and oxygen atoms in total. The number of nitrogens with zero attached hydrogens (tertiary/aromatic N) is 3. The molecule has 0 fully saturated rings. The molecular weight excluding hydrogens is 570 g/mol. The molecule has 0 bridgehead atoms. The monoisotopic (exact) mass is 587 g/mol. The largest absolute Gasteiger partial charge is 0.488 e. The average molecular weight is 590 g/mol. The lowest BCUT2D eigenvalue weighted by atomic mass is 10.2. The van der Waals surface area contributed by atoms with Gasteiger partial charge in [0.15, 0.2) is 0 Å². The van der Waals surface area contributed by atoms with Gasteiger partial charge < -0.3 is 4.74 Å². The molecule has 4 rings (SSSR count). The van der Waals surface area contributed by atoms with Gasteiger partial charge in [0.2, 0.25) is 0 Å². The van der Waals surface area contributed by atoms with Crippen LogP contribution in [0.1, 0.15) is 36.7 Å². The van der Waals surface area contributed by atoms with Crippen molar-refractivity contribution in [1.29, 1.82) is 0 Å². The summed E-state index contributed by atoms with van der Waals surface area (Å²) >= 11 is 12.9. The van der Waals surface area contributed by atoms with Gasteiger partial charge in [-0.25, -0.2) is 4.98 Å². The molecule has 3 aromatic carbocycles. The van der Waals surface area contributed by atoms with E-state index in [1.165, 1.54) is 4.68 Å². The molecule has 0 atom stereocenters. The third-order valence-corrected chi connectivity index (χ3v) is 6.30. The third-order valence-electron chi connectivity index (χ3n) is 4.94. The summed E-state index contributed by atoms with van der Waals surface area (Å²) in [7, 11) is 0. The van der Waals surface area contributed by atoms with Crippen LogP contribution in [0.5, 0.6) is 5.75 Å². The molecule has 0 spiro atoms. The zero-order chi connectivity index (χ0) is 23.5. The van der Waals surface area contributed by atoms with Crippen LogP contribution in [0.3, 0.4) is 0 Å². The minimum atomic E-state index is -0.205. The Balaban J connectivity index is 1.60. The number of aromatic nitrogens is 2. The van der Waals surface area contributed by atoms with E-state index in [1.807, 2.05) is 68.4 Å². The molecule has 0 aliphatic rings. The Kier molecular flexibility index (Phi) is 7.32. The zero-order valence-electron chi connectivity index (χ0n) is 17.9. The highest BCUT2D eigenvalue weighted by Gasteiger charge is 2.14. The zero-order valence-corrected chi connectivity index (χ0v) is 21.9. The van der Waals surface area contributed by atoms with Gasteiger partial charge >= 0.3 is 0 Å². The highest BCUT2D eigenvalue weighted by molar-refractivity contribution is 9.10. The normalized spacial score (nSPS) is 11.6. The summed E-state index contributed by atoms with van der Waals surface area (Å²) in [5.41, 5.74) is 2.29. The van der Waals surface area contributed by atoms with E-state index in [0.717, 1.165) is 20.1 Å². The van der Waals surface area contributed by atoms with Crippen LogP contribution in [-0.2, 0) is 6.61 Å². The summed E-state index contributed by atoms with van der Waals surface area (Å²) in [6.45, 7) is 4.40. The lowest BCUT2D eigenvalue weighted by molar-refractivity contribution is 0.304. The van der Waals surface area contributed by atoms with E-state index in [9.17, 15) is 4.79 Å². The molecule has 168 valence electrons. The van der Waals surface area contributed by atoms with Crippen molar-refractivity contribution in [2.45, 2.75) is 26.4 Å². The molecule has 0 aliphatic carbocycles. The lowest BCUT2D eigenvalue weighted by Gasteiger charge is -2.12. The maximum Gasteiger partial charge on any atom is 0.282 e. The number of benzene rings is 3. The predicted octanol–water partition coefficient (Wildman–Crippen LogP) is 7.16. The van der Waals surface area contributed by atoms with Crippen molar-refractivity contribution in [1.82, 2.24) is 9.66 Å². The van der Waals surface area contributed by atoms with E-state index in [0.29, 0.717) is 34.1 Å². The molecule has 4 aromatic rings. The second kappa shape index (κ2) is 10.2. The van der Waals surface area contributed by atoms with Gasteiger partial charge in [0.1, 0.15) is 18.2 Å². The SMILES string of the molecule is CC(C)c1nc2ccc(Br)cc2c(=O)n1N=Cc1ccc(OCc2ccc(Cl)cc2)c(Br)c1. The Morgan fingerprint density at radius 3 is 2.55 bits per heavy atom. The van der Waals surface area contributed by atoms with Gasteiger partial charge in [0.05, 0.1) is 21.6 Å². The van der Waals surface area contributed by atoms with Crippen LogP contribution < -0.4 is 10.3 Å². The van der Waals surface area contributed by atoms with E-state index in [4.69, 9.17) is 16.3 Å². The minimum absolute atomic E-state index is 0.0262. The van der Waals surface area contributed by atoms with Crippen molar-refractivity contribution in [3.63, 3.8) is 0 Å². The molecule has 0 saturated heterocycles. The third kappa shape index (κ3) is 5.54. The number of ether oxygens (including phenoxy) is 1. The van der Waals surface area contributed by atoms with E-state index >= 15 is 0 Å². The van der Waals surface area contributed by atoms with Crippen LogP contribution in [0.25, 0.3) is 10.9 Å². The van der Waals surface area contributed by atoms with Crippen molar-refractivity contribution in [2.75, 3.05) is 0 Å². The van der Waals surface area contributed by atoms with Crippen LogP contribution in [0.15, 0.2) is 79.5 Å². The fourth-order valence-corrected chi connectivity index (χ4v) is 4.23. The highest BCUT2D eigenvalue weighted by atomic mass is 79.9. The molecule has 0 aliphatic heterocycles. The molecule has 0 radical (unpaired) electrons. The maximum absolute atomic E-state index is 13.1. The van der Waals surface area contributed by atoms with Crippen molar-refractivity contribution in [2.24, 2.45) is 5.10 Å². The number of fused-ring (bicyclic) bond motifs is 1. The fourth-order valence-electron chi connectivity index (χ4n) is 3.23. The summed E-state index contributed by atoms with van der Waals surface area (Å²) < 4.78 is 8.89. The first-order valence-corrected chi connectivity index (χ1v) is 12.2. The Morgan fingerprint density at radius 2 is 1.85 bits per heavy atom. The van der Waals surface area contributed by atoms with Crippen LogP contribution in [0.2, 0.25) is 5.02 Å². The summed E-state index contributed by atoms with van der Waals surface area (Å²) in [4.78, 5) is 17.8. The Morgan fingerprint density at radius 1 is 1.09 bits per heavy atom. The van der Waals surface area contributed by atoms with Crippen LogP contribution in [-0.4, -0.2) is 15.9 Å². The van der Waals surface area contributed by atoms with Gasteiger partial charge in [-0.1, -0.05) is 53.5 Å². The first-order chi connectivity index (χ1) is 15.8. The second-order valence-corrected chi connectivity index (χ2v) is 9.96. The van der Waals surface area contributed by atoms with Gasteiger partial charge in [-0.05, 0) is 75.6 Å². The molecule has 1 heterocycles.